The van der Waals surface area contributed by atoms with Crippen molar-refractivity contribution in [3.8, 4) is 0 Å². The average Bonchev–Trinajstić information content (AvgIpc) is 3.52. The summed E-state index contributed by atoms with van der Waals surface area (Å²) >= 11 is 0. The molecule has 6 rings (SSSR count). The number of hydrogen-bond donors (Lipinski definition) is 0. The lowest BCUT2D eigenvalue weighted by atomic mass is 9.73. The van der Waals surface area contributed by atoms with Crippen molar-refractivity contribution < 1.29 is 0 Å². The molecule has 0 saturated carbocycles. The molecule has 50 heavy (non-hydrogen) atoms. The number of unbranched alkanes of at least 4 members (excludes halogenated alkanes) is 2. The van der Waals surface area contributed by atoms with Crippen molar-refractivity contribution in [2.45, 2.75) is 157 Å². The van der Waals surface area contributed by atoms with Crippen LogP contribution in [0.15, 0.2) is 72.8 Å². The lowest BCUT2D eigenvalue weighted by Crippen LogP contribution is -2.22. The normalized spacial score (nSPS) is 13.1. The molecule has 268 valence electrons. The largest absolute Gasteiger partial charge is 0.340 e. The van der Waals surface area contributed by atoms with Gasteiger partial charge in [-0.1, -0.05) is 152 Å². The summed E-state index contributed by atoms with van der Waals surface area (Å²) in [5, 5.41) is 5.67. The smallest absolute Gasteiger partial charge is 0.0494 e. The van der Waals surface area contributed by atoms with E-state index in [-0.39, 0.29) is 21.7 Å². The van der Waals surface area contributed by atoms with Crippen LogP contribution in [0.2, 0.25) is 0 Å². The number of aromatic nitrogens is 2. The molecule has 2 nitrogen and oxygen atoms in total. The molecule has 2 aromatic heterocycles. The maximum atomic E-state index is 2.54. The Kier molecular flexibility index (Phi) is 10.5. The topological polar surface area (TPSA) is 9.86 Å². The van der Waals surface area contributed by atoms with Crippen LogP contribution in [-0.4, -0.2) is 9.13 Å². The first kappa shape index (κ1) is 37.7. The summed E-state index contributed by atoms with van der Waals surface area (Å²) in [6, 6.07) is 27.5. The zero-order valence-electron chi connectivity index (χ0n) is 34.1. The number of para-hydroxylation sites is 2. The maximum absolute atomic E-state index is 2.54. The second-order valence-corrected chi connectivity index (χ2v) is 18.8. The quantitative estimate of drug-likeness (QED) is 0.167. The zero-order valence-corrected chi connectivity index (χ0v) is 34.1. The highest BCUT2D eigenvalue weighted by atomic mass is 15.0. The van der Waals surface area contributed by atoms with Crippen molar-refractivity contribution in [2.24, 2.45) is 0 Å². The Morgan fingerprint density at radius 3 is 1.38 bits per heavy atom. The molecule has 4 aromatic carbocycles. The van der Waals surface area contributed by atoms with E-state index in [0.717, 1.165) is 13.1 Å². The minimum atomic E-state index is 0.113. The van der Waals surface area contributed by atoms with Crippen LogP contribution in [0.4, 0.5) is 0 Å². The molecule has 6 aromatic rings. The molecule has 0 amide bonds. The second kappa shape index (κ2) is 13.9. The molecule has 0 saturated heterocycles. The van der Waals surface area contributed by atoms with Crippen LogP contribution < -0.4 is 0 Å². The molecule has 2 heteroatoms. The summed E-state index contributed by atoms with van der Waals surface area (Å²) in [7, 11) is 0. The van der Waals surface area contributed by atoms with Crippen LogP contribution in [0.5, 0.6) is 0 Å². The first-order valence-corrected chi connectivity index (χ1v) is 19.4. The minimum Gasteiger partial charge on any atom is -0.340 e. The van der Waals surface area contributed by atoms with Gasteiger partial charge in [0.25, 0.3) is 0 Å². The van der Waals surface area contributed by atoms with E-state index in [2.05, 4.69) is 179 Å². The van der Waals surface area contributed by atoms with E-state index in [1.807, 2.05) is 0 Å². The number of benzene rings is 4. The summed E-state index contributed by atoms with van der Waals surface area (Å²) in [4.78, 5) is 0. The Hall–Kier alpha value is -3.52. The predicted molar refractivity (Wildman–Crippen MR) is 224 cm³/mol. The molecule has 0 atom stereocenters. The molecular weight excluding hydrogens is 605 g/mol. The molecule has 0 fully saturated rings. The fourth-order valence-corrected chi connectivity index (χ4v) is 7.99. The van der Waals surface area contributed by atoms with Crippen LogP contribution >= 0.6 is 0 Å². The summed E-state index contributed by atoms with van der Waals surface area (Å²) < 4.78 is 5.08. The predicted octanol–water partition coefficient (Wildman–Crippen LogP) is 14.4. The lowest BCUT2D eigenvalue weighted by Gasteiger charge is -2.31. The second-order valence-electron chi connectivity index (χ2n) is 18.8. The number of nitrogens with zero attached hydrogens (tertiary/aromatic N) is 2. The fraction of sp³-hybridized carbons (Fsp3) is 0.500. The third-order valence-electron chi connectivity index (χ3n) is 10.5. The molecular formula is C48H66N2. The van der Waals surface area contributed by atoms with Crippen molar-refractivity contribution in [3.63, 3.8) is 0 Å². The number of fused-ring (bicyclic) bond motifs is 6. The summed E-state index contributed by atoms with van der Waals surface area (Å²) in [6.07, 6.45) is 4.89. The number of hydrogen-bond acceptors (Lipinski definition) is 0. The summed E-state index contributed by atoms with van der Waals surface area (Å²) in [6.45, 7) is 34.8. The SMILES string of the molecule is CCCCn1c2ccccc2c2c(C(C)(C)C)c(C(C)(C)C)ccc21.CCCCn1c2ccccc2c2cc(C(C)(C)C)c(C(C)(C)C)cc21. The molecule has 0 bridgehead atoms. The van der Waals surface area contributed by atoms with E-state index in [0.29, 0.717) is 0 Å². The van der Waals surface area contributed by atoms with Crippen LogP contribution in [0.1, 0.15) is 145 Å². The molecule has 0 spiro atoms. The van der Waals surface area contributed by atoms with Crippen molar-refractivity contribution in [1.82, 2.24) is 9.13 Å². The molecule has 0 N–H and O–H groups in total. The van der Waals surface area contributed by atoms with Crippen LogP contribution in [-0.2, 0) is 34.7 Å². The van der Waals surface area contributed by atoms with Crippen LogP contribution in [0, 0.1) is 0 Å². The minimum absolute atomic E-state index is 0.113. The molecule has 0 aliphatic heterocycles. The van der Waals surface area contributed by atoms with Gasteiger partial charge in [0.1, 0.15) is 0 Å². The van der Waals surface area contributed by atoms with Gasteiger partial charge in [0.15, 0.2) is 0 Å². The van der Waals surface area contributed by atoms with Crippen molar-refractivity contribution in [1.29, 1.82) is 0 Å². The first-order chi connectivity index (χ1) is 23.3. The molecule has 0 aliphatic rings. The van der Waals surface area contributed by atoms with E-state index in [9.17, 15) is 0 Å². The van der Waals surface area contributed by atoms with E-state index in [1.165, 1.54) is 91.5 Å². The molecule has 2 heterocycles. The maximum Gasteiger partial charge on any atom is 0.0494 e. The van der Waals surface area contributed by atoms with Crippen LogP contribution in [0.25, 0.3) is 43.6 Å². The molecule has 0 aliphatic carbocycles. The van der Waals surface area contributed by atoms with Gasteiger partial charge in [-0.3, -0.25) is 0 Å². The van der Waals surface area contributed by atoms with E-state index >= 15 is 0 Å². The van der Waals surface area contributed by atoms with Gasteiger partial charge in [0, 0.05) is 56.7 Å². The van der Waals surface area contributed by atoms with Crippen molar-refractivity contribution in [2.75, 3.05) is 0 Å². The Labute approximate surface area is 304 Å². The number of rotatable bonds is 6. The van der Waals surface area contributed by atoms with Gasteiger partial charge >= 0.3 is 0 Å². The molecule has 0 unspecified atom stereocenters. The average molecular weight is 671 g/mol. The Balaban J connectivity index is 0.000000194. The number of aryl methyl sites for hydroxylation is 2. The van der Waals surface area contributed by atoms with E-state index < -0.39 is 0 Å². The van der Waals surface area contributed by atoms with Crippen LogP contribution in [0.3, 0.4) is 0 Å². The highest BCUT2D eigenvalue weighted by molar-refractivity contribution is 6.11. The molecule has 0 radical (unpaired) electrons. The van der Waals surface area contributed by atoms with Gasteiger partial charge < -0.3 is 9.13 Å². The zero-order chi connectivity index (χ0) is 36.8. The highest BCUT2D eigenvalue weighted by Crippen LogP contribution is 2.43. The third kappa shape index (κ3) is 7.28. The van der Waals surface area contributed by atoms with E-state index in [4.69, 9.17) is 0 Å². The van der Waals surface area contributed by atoms with Crippen molar-refractivity contribution in [3.05, 3.63) is 95.1 Å². The van der Waals surface area contributed by atoms with Gasteiger partial charge in [-0.05, 0) is 87.1 Å². The van der Waals surface area contributed by atoms with Gasteiger partial charge in [0.05, 0.1) is 0 Å². The van der Waals surface area contributed by atoms with E-state index in [1.54, 1.807) is 0 Å². The van der Waals surface area contributed by atoms with Gasteiger partial charge in [0.2, 0.25) is 0 Å². The van der Waals surface area contributed by atoms with Gasteiger partial charge in [-0.2, -0.15) is 0 Å². The van der Waals surface area contributed by atoms with Gasteiger partial charge in [-0.15, -0.1) is 0 Å². The standard InChI is InChI=1S/2C24H33N/c1-8-9-16-25-19-13-11-10-12-17(19)21-20(25)15-14-18(23(2,3)4)22(21)24(5,6)7;1-8-9-14-25-21-13-11-10-12-17(21)18-15-19(23(2,3)4)20(16-22(18)25)24(5,6)7/h10-15H,8-9,16H2,1-7H3;10-13,15-16H,8-9,14H2,1-7H3. The monoisotopic (exact) mass is 671 g/mol. The van der Waals surface area contributed by atoms with Gasteiger partial charge in [-0.25, -0.2) is 0 Å². The summed E-state index contributed by atoms with van der Waals surface area (Å²) in [5.41, 5.74) is 12.0. The fourth-order valence-electron chi connectivity index (χ4n) is 7.99. The Morgan fingerprint density at radius 1 is 0.420 bits per heavy atom. The highest BCUT2D eigenvalue weighted by Gasteiger charge is 2.30. The lowest BCUT2D eigenvalue weighted by molar-refractivity contribution is 0.531. The van der Waals surface area contributed by atoms with Crippen molar-refractivity contribution >= 4 is 43.6 Å². The first-order valence-electron chi connectivity index (χ1n) is 19.4. The third-order valence-corrected chi connectivity index (χ3v) is 10.5. The summed E-state index contributed by atoms with van der Waals surface area (Å²) in [5.74, 6) is 0. The Morgan fingerprint density at radius 2 is 0.880 bits per heavy atom. The Bertz CT molecular complexity index is 2080.